The number of alkyl halides is 1. The number of nitrogens with zero attached hydrogens (tertiary/aromatic N) is 3. The van der Waals surface area contributed by atoms with E-state index < -0.39 is 0 Å². The minimum atomic E-state index is -0.315. The lowest BCUT2D eigenvalue weighted by atomic mass is 10.1. The summed E-state index contributed by atoms with van der Waals surface area (Å²) in [5.41, 5.74) is 2.70. The van der Waals surface area contributed by atoms with Crippen LogP contribution in [-0.2, 0) is 4.79 Å². The molecule has 0 aliphatic carbocycles. The van der Waals surface area contributed by atoms with Crippen LogP contribution in [0.25, 0.3) is 11.3 Å². The van der Waals surface area contributed by atoms with E-state index in [0.29, 0.717) is 11.4 Å². The molecule has 6 heteroatoms. The van der Waals surface area contributed by atoms with Crippen LogP contribution in [0.5, 0.6) is 0 Å². The van der Waals surface area contributed by atoms with Gasteiger partial charge in [-0.2, -0.15) is 5.10 Å². The van der Waals surface area contributed by atoms with E-state index >= 15 is 0 Å². The molecule has 2 rings (SSSR count). The maximum Gasteiger partial charge on any atom is 0.246 e. The largest absolute Gasteiger partial charge is 0.347 e. The molecule has 4 nitrogen and oxygen atoms in total. The Hall–Kier alpha value is -1.33. The van der Waals surface area contributed by atoms with Crippen molar-refractivity contribution in [1.29, 1.82) is 0 Å². The maximum atomic E-state index is 12.4. The van der Waals surface area contributed by atoms with E-state index in [1.165, 1.54) is 0 Å². The van der Waals surface area contributed by atoms with Gasteiger partial charge in [-0.25, -0.2) is 0 Å². The molecule has 118 valence electrons. The molecular weight excluding hydrogens is 366 g/mol. The first-order valence-electron chi connectivity index (χ1n) is 7.03. The summed E-state index contributed by atoms with van der Waals surface area (Å²) >= 11 is 9.68. The van der Waals surface area contributed by atoms with Crippen LogP contribution in [0, 0.1) is 6.92 Å². The number of rotatable bonds is 5. The summed E-state index contributed by atoms with van der Waals surface area (Å²) in [6.07, 6.45) is 2.59. The van der Waals surface area contributed by atoms with Gasteiger partial charge in [0.15, 0.2) is 0 Å². The van der Waals surface area contributed by atoms with Gasteiger partial charge in [0.05, 0.1) is 10.7 Å². The minimum Gasteiger partial charge on any atom is -0.347 e. The molecule has 1 aromatic carbocycles. The molecule has 1 heterocycles. The van der Waals surface area contributed by atoms with E-state index in [2.05, 4.69) is 21.0 Å². The third-order valence-corrected chi connectivity index (χ3v) is 4.26. The highest BCUT2D eigenvalue weighted by Gasteiger charge is 2.24. The second-order valence-electron chi connectivity index (χ2n) is 5.35. The Morgan fingerprint density at radius 3 is 2.68 bits per heavy atom. The summed E-state index contributed by atoms with van der Waals surface area (Å²) in [5.74, 6) is 0.0349. The Kier molecular flexibility index (Phi) is 5.64. The molecule has 1 aromatic heterocycles. The molecule has 0 saturated carbocycles. The van der Waals surface area contributed by atoms with Crippen molar-refractivity contribution in [2.75, 3.05) is 19.4 Å². The first-order valence-corrected chi connectivity index (χ1v) is 8.53. The summed E-state index contributed by atoms with van der Waals surface area (Å²) in [6, 6.07) is 7.29. The Balaban J connectivity index is 2.43. The average molecular weight is 385 g/mol. The van der Waals surface area contributed by atoms with Crippen molar-refractivity contribution in [2.45, 2.75) is 19.4 Å². The number of halogens is 2. The Morgan fingerprint density at radius 2 is 2.09 bits per heavy atom. The second-order valence-corrected chi connectivity index (χ2v) is 6.55. The van der Waals surface area contributed by atoms with Crippen molar-refractivity contribution < 1.29 is 4.79 Å². The van der Waals surface area contributed by atoms with Crippen molar-refractivity contribution in [3.05, 3.63) is 41.0 Å². The lowest BCUT2D eigenvalue weighted by molar-refractivity contribution is -0.132. The number of hydrogen-bond donors (Lipinski definition) is 0. The molecule has 0 radical (unpaired) electrons. The molecule has 0 aliphatic rings. The third kappa shape index (κ3) is 3.52. The van der Waals surface area contributed by atoms with E-state index in [-0.39, 0.29) is 11.9 Å². The molecule has 0 saturated heterocycles. The van der Waals surface area contributed by atoms with Crippen LogP contribution in [-0.4, -0.2) is 40.0 Å². The molecule has 1 amide bonds. The molecule has 22 heavy (non-hydrogen) atoms. The van der Waals surface area contributed by atoms with Crippen LogP contribution in [0.15, 0.2) is 30.5 Å². The van der Waals surface area contributed by atoms with Crippen LogP contribution in [0.3, 0.4) is 0 Å². The Morgan fingerprint density at radius 1 is 1.41 bits per heavy atom. The van der Waals surface area contributed by atoms with Gasteiger partial charge in [0.2, 0.25) is 5.91 Å². The fraction of sp³-hybridized carbons (Fsp3) is 0.375. The highest BCUT2D eigenvalue weighted by Crippen LogP contribution is 2.30. The Labute approximate surface area is 144 Å². The predicted molar refractivity (Wildman–Crippen MR) is 93.6 cm³/mol. The number of hydrogen-bond acceptors (Lipinski definition) is 2. The molecule has 0 N–H and O–H groups in total. The molecule has 1 atom stereocenters. The smallest absolute Gasteiger partial charge is 0.246 e. The van der Waals surface area contributed by atoms with Crippen LogP contribution >= 0.6 is 27.5 Å². The average Bonchev–Trinajstić information content (AvgIpc) is 2.86. The number of carbonyl (C=O) groups is 1. The fourth-order valence-corrected chi connectivity index (χ4v) is 2.99. The van der Waals surface area contributed by atoms with Gasteiger partial charge in [-0.15, -0.1) is 0 Å². The molecule has 0 aliphatic heterocycles. The normalized spacial score (nSPS) is 12.2. The number of likely N-dealkylation sites (N-methyl/N-ethyl adjacent to an activating group) is 1. The van der Waals surface area contributed by atoms with Crippen LogP contribution < -0.4 is 0 Å². The minimum absolute atomic E-state index is 0.0349. The first-order chi connectivity index (χ1) is 10.5. The van der Waals surface area contributed by atoms with E-state index in [1.807, 2.05) is 37.4 Å². The van der Waals surface area contributed by atoms with E-state index in [4.69, 9.17) is 11.6 Å². The summed E-state index contributed by atoms with van der Waals surface area (Å²) < 4.78 is 1.75. The topological polar surface area (TPSA) is 38.1 Å². The lowest BCUT2D eigenvalue weighted by Crippen LogP contribution is -2.32. The highest BCUT2D eigenvalue weighted by molar-refractivity contribution is 9.09. The van der Waals surface area contributed by atoms with Crippen molar-refractivity contribution in [1.82, 2.24) is 14.7 Å². The van der Waals surface area contributed by atoms with Crippen molar-refractivity contribution in [3.63, 3.8) is 0 Å². The lowest BCUT2D eigenvalue weighted by Gasteiger charge is -2.20. The first kappa shape index (κ1) is 17.0. The number of benzene rings is 1. The van der Waals surface area contributed by atoms with Crippen LogP contribution in [0.1, 0.15) is 18.0 Å². The zero-order valence-electron chi connectivity index (χ0n) is 12.9. The van der Waals surface area contributed by atoms with Gasteiger partial charge in [-0.3, -0.25) is 9.48 Å². The monoisotopic (exact) mass is 383 g/mol. The van der Waals surface area contributed by atoms with Gasteiger partial charge in [0.1, 0.15) is 6.04 Å². The molecular formula is C16H19BrClN3O. The van der Waals surface area contributed by atoms with E-state index in [9.17, 15) is 4.79 Å². The van der Waals surface area contributed by atoms with Gasteiger partial charge < -0.3 is 4.90 Å². The standard InChI is InChI=1S/C16H19BrClN3O/c1-11-10-21(14(8-9-17)16(22)20(2)3)19-15(11)12-6-4-5-7-13(12)18/h4-7,10,14H,8-9H2,1-3H3. The van der Waals surface area contributed by atoms with Gasteiger partial charge in [0, 0.05) is 31.2 Å². The zero-order chi connectivity index (χ0) is 16.3. The van der Waals surface area contributed by atoms with Gasteiger partial charge in [-0.1, -0.05) is 45.7 Å². The number of aromatic nitrogens is 2. The van der Waals surface area contributed by atoms with E-state index in [0.717, 1.165) is 22.2 Å². The van der Waals surface area contributed by atoms with Crippen molar-refractivity contribution in [2.24, 2.45) is 0 Å². The van der Waals surface area contributed by atoms with Gasteiger partial charge in [-0.05, 0) is 25.0 Å². The molecule has 2 aromatic rings. The zero-order valence-corrected chi connectivity index (χ0v) is 15.2. The summed E-state index contributed by atoms with van der Waals surface area (Å²) in [7, 11) is 3.52. The maximum absolute atomic E-state index is 12.4. The summed E-state index contributed by atoms with van der Waals surface area (Å²) in [4.78, 5) is 14.0. The van der Waals surface area contributed by atoms with Crippen LogP contribution in [0.2, 0.25) is 5.02 Å². The highest BCUT2D eigenvalue weighted by atomic mass is 79.9. The number of aryl methyl sites for hydroxylation is 1. The van der Waals surface area contributed by atoms with Gasteiger partial charge in [0.25, 0.3) is 0 Å². The van der Waals surface area contributed by atoms with Crippen molar-refractivity contribution >= 4 is 33.4 Å². The third-order valence-electron chi connectivity index (χ3n) is 3.47. The molecule has 0 spiro atoms. The second kappa shape index (κ2) is 7.29. The van der Waals surface area contributed by atoms with Crippen LogP contribution in [0.4, 0.5) is 0 Å². The SMILES string of the molecule is Cc1cn(C(CCBr)C(=O)N(C)C)nc1-c1ccccc1Cl. The van der Waals surface area contributed by atoms with Crippen molar-refractivity contribution in [3.8, 4) is 11.3 Å². The fourth-order valence-electron chi connectivity index (χ4n) is 2.33. The molecule has 1 unspecified atom stereocenters. The van der Waals surface area contributed by atoms with E-state index in [1.54, 1.807) is 23.7 Å². The Bertz CT molecular complexity index is 669. The quantitative estimate of drug-likeness (QED) is 0.733. The molecule has 0 bridgehead atoms. The number of amides is 1. The summed E-state index contributed by atoms with van der Waals surface area (Å²) in [5, 5.41) is 6.02. The molecule has 0 fully saturated rings. The summed E-state index contributed by atoms with van der Waals surface area (Å²) in [6.45, 7) is 1.98. The van der Waals surface area contributed by atoms with Gasteiger partial charge >= 0.3 is 0 Å². The predicted octanol–water partition coefficient (Wildman–Crippen LogP) is 3.93. The number of carbonyl (C=O) groups excluding carboxylic acids is 1.